The molecule has 0 bridgehead atoms. The fourth-order valence-corrected chi connectivity index (χ4v) is 4.93. The molecule has 0 aliphatic carbocycles. The fraction of sp³-hybridized carbons (Fsp3) is 0.400. The molecule has 1 aliphatic rings. The van der Waals surface area contributed by atoms with E-state index in [1.165, 1.54) is 5.69 Å². The molecule has 2 heterocycles. The SMILES string of the molecule is COc1ccccc1COc1ccc(-c2c(C)nc(C)c(CC=O)c2N2CCC(C)(C)CC2)cc1. The Labute approximate surface area is 209 Å². The average Bonchev–Trinajstić information content (AvgIpc) is 2.85. The van der Waals surface area contributed by atoms with Crippen LogP contribution in [0, 0.1) is 19.3 Å². The first-order chi connectivity index (χ1) is 16.8. The van der Waals surface area contributed by atoms with E-state index in [1.807, 2.05) is 43.3 Å². The Balaban J connectivity index is 1.66. The van der Waals surface area contributed by atoms with E-state index < -0.39 is 0 Å². The Morgan fingerprint density at radius 3 is 2.34 bits per heavy atom. The quantitative estimate of drug-likeness (QED) is 0.359. The second-order valence-corrected chi connectivity index (χ2v) is 10.1. The number of nitrogens with zero attached hydrogens (tertiary/aromatic N) is 2. The average molecular weight is 473 g/mol. The minimum Gasteiger partial charge on any atom is -0.496 e. The third-order valence-corrected chi connectivity index (χ3v) is 7.11. The van der Waals surface area contributed by atoms with Gasteiger partial charge in [0.05, 0.1) is 12.8 Å². The summed E-state index contributed by atoms with van der Waals surface area (Å²) in [5.74, 6) is 1.62. The van der Waals surface area contributed by atoms with E-state index in [9.17, 15) is 4.79 Å². The zero-order chi connectivity index (χ0) is 25.0. The monoisotopic (exact) mass is 472 g/mol. The van der Waals surface area contributed by atoms with Gasteiger partial charge in [-0.25, -0.2) is 0 Å². The number of hydrogen-bond donors (Lipinski definition) is 0. The number of carbonyl (C=O) groups excluding carboxylic acids is 1. The molecular formula is C30H36N2O3. The largest absolute Gasteiger partial charge is 0.496 e. The third kappa shape index (κ3) is 5.50. The van der Waals surface area contributed by atoms with Crippen LogP contribution in [0.4, 0.5) is 5.69 Å². The highest BCUT2D eigenvalue weighted by Crippen LogP contribution is 2.41. The summed E-state index contributed by atoms with van der Waals surface area (Å²) in [5.41, 5.74) is 7.69. The summed E-state index contributed by atoms with van der Waals surface area (Å²) in [7, 11) is 1.67. The van der Waals surface area contributed by atoms with Crippen LogP contribution in [0.15, 0.2) is 48.5 Å². The third-order valence-electron chi connectivity index (χ3n) is 7.11. The number of methoxy groups -OCH3 is 1. The topological polar surface area (TPSA) is 51.7 Å². The molecule has 0 radical (unpaired) electrons. The van der Waals surface area contributed by atoms with Crippen LogP contribution >= 0.6 is 0 Å². The predicted molar refractivity (Wildman–Crippen MR) is 141 cm³/mol. The Morgan fingerprint density at radius 1 is 1.00 bits per heavy atom. The lowest BCUT2D eigenvalue weighted by molar-refractivity contribution is -0.107. The molecule has 2 aromatic carbocycles. The number of anilines is 1. The van der Waals surface area contributed by atoms with Crippen LogP contribution in [0.25, 0.3) is 11.1 Å². The van der Waals surface area contributed by atoms with Crippen LogP contribution in [0.1, 0.15) is 49.2 Å². The molecule has 0 amide bonds. The number of pyridine rings is 1. The number of piperidine rings is 1. The number of ether oxygens (including phenoxy) is 2. The molecule has 0 atom stereocenters. The first-order valence-corrected chi connectivity index (χ1v) is 12.4. The molecule has 5 heteroatoms. The van der Waals surface area contributed by atoms with E-state index >= 15 is 0 Å². The van der Waals surface area contributed by atoms with Gasteiger partial charge in [0.1, 0.15) is 24.4 Å². The zero-order valence-corrected chi connectivity index (χ0v) is 21.6. The maximum atomic E-state index is 11.6. The summed E-state index contributed by atoms with van der Waals surface area (Å²) in [6, 6.07) is 16.1. The molecule has 0 unspecified atom stereocenters. The van der Waals surface area contributed by atoms with Crippen molar-refractivity contribution in [2.45, 2.75) is 53.6 Å². The summed E-state index contributed by atoms with van der Waals surface area (Å²) in [6.45, 7) is 11.2. The summed E-state index contributed by atoms with van der Waals surface area (Å²) in [4.78, 5) is 18.9. The lowest BCUT2D eigenvalue weighted by Gasteiger charge is -2.40. The molecule has 5 nitrogen and oxygen atoms in total. The van der Waals surface area contributed by atoms with Gasteiger partial charge in [-0.3, -0.25) is 4.98 Å². The minimum absolute atomic E-state index is 0.346. The maximum absolute atomic E-state index is 11.6. The van der Waals surface area contributed by atoms with Crippen molar-refractivity contribution < 1.29 is 14.3 Å². The van der Waals surface area contributed by atoms with E-state index in [0.29, 0.717) is 18.4 Å². The maximum Gasteiger partial charge on any atom is 0.125 e. The van der Waals surface area contributed by atoms with Gasteiger partial charge in [-0.2, -0.15) is 0 Å². The molecule has 4 rings (SSSR count). The Hall–Kier alpha value is -3.34. The molecule has 1 aliphatic heterocycles. The molecular weight excluding hydrogens is 436 g/mol. The van der Waals surface area contributed by atoms with E-state index in [1.54, 1.807) is 7.11 Å². The number of aromatic nitrogens is 1. The van der Waals surface area contributed by atoms with Gasteiger partial charge >= 0.3 is 0 Å². The van der Waals surface area contributed by atoms with Crippen LogP contribution < -0.4 is 14.4 Å². The van der Waals surface area contributed by atoms with Crippen molar-refractivity contribution in [3.63, 3.8) is 0 Å². The molecule has 0 N–H and O–H groups in total. The standard InChI is InChI=1S/C30H36N2O3/c1-21-26(14-19-33)29(32-17-15-30(3,4)16-18-32)28(22(2)31-21)23-10-12-25(13-11-23)35-20-24-8-6-7-9-27(24)34-5/h6-13,19H,14-18,20H2,1-5H3. The van der Waals surface area contributed by atoms with Crippen molar-refractivity contribution in [1.82, 2.24) is 4.98 Å². The molecule has 1 fully saturated rings. The van der Waals surface area contributed by atoms with Crippen molar-refractivity contribution in [3.05, 3.63) is 71.0 Å². The van der Waals surface area contributed by atoms with E-state index in [0.717, 1.165) is 77.4 Å². The zero-order valence-electron chi connectivity index (χ0n) is 21.6. The highest BCUT2D eigenvalue weighted by Gasteiger charge is 2.29. The number of carbonyl (C=O) groups is 1. The molecule has 0 spiro atoms. The number of aryl methyl sites for hydroxylation is 2. The molecule has 3 aromatic rings. The van der Waals surface area contributed by atoms with Gasteiger partial charge in [-0.05, 0) is 55.9 Å². The predicted octanol–water partition coefficient (Wildman–Crippen LogP) is 6.32. The summed E-state index contributed by atoms with van der Waals surface area (Å²) in [5, 5.41) is 0. The molecule has 1 aromatic heterocycles. The lowest BCUT2D eigenvalue weighted by Crippen LogP contribution is -2.38. The first-order valence-electron chi connectivity index (χ1n) is 12.4. The summed E-state index contributed by atoms with van der Waals surface area (Å²) in [6.07, 6.45) is 3.63. The number of benzene rings is 2. The first kappa shape index (κ1) is 24.8. The second-order valence-electron chi connectivity index (χ2n) is 10.1. The number of rotatable bonds is 8. The Morgan fingerprint density at radius 2 is 1.69 bits per heavy atom. The van der Waals surface area contributed by atoms with Gasteiger partial charge < -0.3 is 19.2 Å². The highest BCUT2D eigenvalue weighted by atomic mass is 16.5. The minimum atomic E-state index is 0.346. The number of hydrogen-bond acceptors (Lipinski definition) is 5. The van der Waals surface area contributed by atoms with Crippen molar-refractivity contribution in [1.29, 1.82) is 0 Å². The molecule has 0 saturated carbocycles. The fourth-order valence-electron chi connectivity index (χ4n) is 4.93. The Kier molecular flexibility index (Phi) is 7.44. The van der Waals surface area contributed by atoms with Crippen molar-refractivity contribution in [2.24, 2.45) is 5.41 Å². The van der Waals surface area contributed by atoms with Gasteiger partial charge in [-0.1, -0.05) is 44.2 Å². The van der Waals surface area contributed by atoms with Crippen molar-refractivity contribution in [2.75, 3.05) is 25.1 Å². The normalized spacial score (nSPS) is 15.1. The van der Waals surface area contributed by atoms with Gasteiger partial charge in [0.15, 0.2) is 0 Å². The summed E-state index contributed by atoms with van der Waals surface area (Å²) < 4.78 is 11.5. The van der Waals surface area contributed by atoms with E-state index in [-0.39, 0.29) is 0 Å². The highest BCUT2D eigenvalue weighted by molar-refractivity contribution is 5.85. The van der Waals surface area contributed by atoms with E-state index in [4.69, 9.17) is 14.5 Å². The van der Waals surface area contributed by atoms with Crippen LogP contribution in [-0.2, 0) is 17.8 Å². The number of para-hydroxylation sites is 1. The van der Waals surface area contributed by atoms with E-state index in [2.05, 4.69) is 37.8 Å². The second kappa shape index (κ2) is 10.5. The van der Waals surface area contributed by atoms with Crippen LogP contribution in [0.2, 0.25) is 0 Å². The smallest absolute Gasteiger partial charge is 0.125 e. The number of aldehydes is 1. The molecule has 35 heavy (non-hydrogen) atoms. The van der Waals surface area contributed by atoms with Crippen LogP contribution in [-0.4, -0.2) is 31.5 Å². The molecule has 184 valence electrons. The van der Waals surface area contributed by atoms with Gasteiger partial charge in [0, 0.05) is 47.6 Å². The van der Waals surface area contributed by atoms with Crippen molar-refractivity contribution in [3.8, 4) is 22.6 Å². The Bertz CT molecular complexity index is 1170. The van der Waals surface area contributed by atoms with Gasteiger partial charge in [-0.15, -0.1) is 0 Å². The molecule has 1 saturated heterocycles. The van der Waals surface area contributed by atoms with Gasteiger partial charge in [0.25, 0.3) is 0 Å². The van der Waals surface area contributed by atoms with Gasteiger partial charge in [0.2, 0.25) is 0 Å². The lowest BCUT2D eigenvalue weighted by atomic mass is 9.82. The van der Waals surface area contributed by atoms with Crippen molar-refractivity contribution >= 4 is 12.0 Å². The van der Waals surface area contributed by atoms with Crippen LogP contribution in [0.5, 0.6) is 11.5 Å². The van der Waals surface area contributed by atoms with Crippen LogP contribution in [0.3, 0.4) is 0 Å². The summed E-state index contributed by atoms with van der Waals surface area (Å²) >= 11 is 0.